The third-order valence-corrected chi connectivity index (χ3v) is 5.28. The molecule has 3 rings (SSSR count). The summed E-state index contributed by atoms with van der Waals surface area (Å²) in [7, 11) is 3.49. The summed E-state index contributed by atoms with van der Waals surface area (Å²) in [4.78, 5) is 23.5. The number of aryl methyl sites for hydroxylation is 2. The number of hydrogen-bond donors (Lipinski definition) is 0. The Labute approximate surface area is 169 Å². The van der Waals surface area contributed by atoms with Gasteiger partial charge in [-0.3, -0.25) is 4.79 Å². The van der Waals surface area contributed by atoms with Crippen LogP contribution in [0.5, 0.6) is 0 Å². The van der Waals surface area contributed by atoms with Crippen LogP contribution in [0.25, 0.3) is 5.78 Å². The van der Waals surface area contributed by atoms with Crippen LogP contribution >= 0.6 is 11.8 Å². The number of nitrogens with zero attached hydrogens (tertiary/aromatic N) is 5. The molecule has 0 aliphatic carbocycles. The minimum atomic E-state index is 0.0170. The molecular weight excluding hydrogens is 374 g/mol. The van der Waals surface area contributed by atoms with Crippen molar-refractivity contribution in [1.29, 1.82) is 0 Å². The summed E-state index contributed by atoms with van der Waals surface area (Å²) in [5.74, 6) is 1.23. The molecule has 0 spiro atoms. The number of carbonyl (C=O) groups is 1. The first-order chi connectivity index (χ1) is 13.5. The van der Waals surface area contributed by atoms with Crippen molar-refractivity contribution in [2.45, 2.75) is 31.2 Å². The van der Waals surface area contributed by atoms with Gasteiger partial charge in [-0.15, -0.1) is 5.10 Å². The third kappa shape index (κ3) is 4.69. The van der Waals surface area contributed by atoms with Crippen molar-refractivity contribution in [3.63, 3.8) is 0 Å². The highest BCUT2D eigenvalue weighted by Crippen LogP contribution is 2.23. The Balaban J connectivity index is 1.73. The average Bonchev–Trinajstić information content (AvgIpc) is 3.09. The van der Waals surface area contributed by atoms with Gasteiger partial charge in [0.2, 0.25) is 5.16 Å². The molecular formula is C20H25N5O2S. The predicted molar refractivity (Wildman–Crippen MR) is 110 cm³/mol. The lowest BCUT2D eigenvalue weighted by Crippen LogP contribution is -2.29. The van der Waals surface area contributed by atoms with Crippen LogP contribution in [0.2, 0.25) is 0 Å². The fraction of sp³-hybridized carbons (Fsp3) is 0.400. The van der Waals surface area contributed by atoms with E-state index in [9.17, 15) is 4.79 Å². The normalized spacial score (nSPS) is 11.1. The van der Waals surface area contributed by atoms with Crippen LogP contribution in [0.1, 0.15) is 33.7 Å². The Morgan fingerprint density at radius 3 is 2.82 bits per heavy atom. The molecule has 1 aromatic carbocycles. The van der Waals surface area contributed by atoms with Crippen LogP contribution in [0.4, 0.5) is 0 Å². The number of methoxy groups -OCH3 is 1. The van der Waals surface area contributed by atoms with Gasteiger partial charge in [-0.25, -0.2) is 9.50 Å². The fourth-order valence-corrected chi connectivity index (χ4v) is 3.78. The summed E-state index contributed by atoms with van der Waals surface area (Å²) < 4.78 is 6.81. The predicted octanol–water partition coefficient (Wildman–Crippen LogP) is 3.14. The highest BCUT2D eigenvalue weighted by Gasteiger charge is 2.16. The van der Waals surface area contributed by atoms with E-state index < -0.39 is 0 Å². The Kier molecular flexibility index (Phi) is 6.64. The Hall–Kier alpha value is -2.45. The molecule has 0 aliphatic rings. The maximum Gasteiger partial charge on any atom is 0.253 e. The van der Waals surface area contributed by atoms with Crippen LogP contribution in [-0.4, -0.2) is 57.7 Å². The molecule has 0 aliphatic heterocycles. The maximum absolute atomic E-state index is 12.8. The molecule has 0 radical (unpaired) electrons. The zero-order chi connectivity index (χ0) is 20.1. The molecule has 7 nitrogen and oxygen atoms in total. The summed E-state index contributed by atoms with van der Waals surface area (Å²) in [6, 6.07) is 9.67. The van der Waals surface area contributed by atoms with Crippen LogP contribution in [-0.2, 0) is 10.5 Å². The number of amides is 1. The van der Waals surface area contributed by atoms with Crippen molar-refractivity contribution < 1.29 is 9.53 Å². The molecule has 148 valence electrons. The molecule has 0 saturated carbocycles. The summed E-state index contributed by atoms with van der Waals surface area (Å²) in [5.41, 5.74) is 3.59. The molecule has 0 unspecified atom stereocenters. The SMILES string of the molecule is COCCCN(C)C(=O)c1ccccc1CSc1nc2nc(C)cc(C)n2n1. The Bertz CT molecular complexity index is 972. The van der Waals surface area contributed by atoms with Crippen LogP contribution < -0.4 is 0 Å². The van der Waals surface area contributed by atoms with Gasteiger partial charge in [0.15, 0.2) is 0 Å². The van der Waals surface area contributed by atoms with Gasteiger partial charge in [0.05, 0.1) is 0 Å². The first kappa shape index (κ1) is 20.3. The molecule has 2 aromatic heterocycles. The zero-order valence-corrected chi connectivity index (χ0v) is 17.5. The van der Waals surface area contributed by atoms with E-state index in [4.69, 9.17) is 4.74 Å². The number of benzene rings is 1. The van der Waals surface area contributed by atoms with E-state index >= 15 is 0 Å². The van der Waals surface area contributed by atoms with Gasteiger partial charge < -0.3 is 9.64 Å². The Morgan fingerprint density at radius 1 is 1.25 bits per heavy atom. The van der Waals surface area contributed by atoms with Crippen LogP contribution in [0.15, 0.2) is 35.5 Å². The van der Waals surface area contributed by atoms with Crippen molar-refractivity contribution in [3.05, 3.63) is 52.8 Å². The second kappa shape index (κ2) is 9.16. The second-order valence-electron chi connectivity index (χ2n) is 6.66. The number of aromatic nitrogens is 4. The van der Waals surface area contributed by atoms with Crippen molar-refractivity contribution >= 4 is 23.4 Å². The summed E-state index contributed by atoms with van der Waals surface area (Å²) in [5, 5.41) is 5.17. The molecule has 1 amide bonds. The molecule has 0 fully saturated rings. The monoisotopic (exact) mass is 399 g/mol. The first-order valence-corrected chi connectivity index (χ1v) is 10.1. The molecule has 3 aromatic rings. The van der Waals surface area contributed by atoms with Gasteiger partial charge in [-0.2, -0.15) is 4.98 Å². The zero-order valence-electron chi connectivity index (χ0n) is 16.7. The number of thioether (sulfide) groups is 1. The minimum Gasteiger partial charge on any atom is -0.385 e. The average molecular weight is 400 g/mol. The number of ether oxygens (including phenoxy) is 1. The van der Waals surface area contributed by atoms with Crippen molar-refractivity contribution in [1.82, 2.24) is 24.5 Å². The third-order valence-electron chi connectivity index (χ3n) is 4.39. The molecule has 8 heteroatoms. The van der Waals surface area contributed by atoms with E-state index in [2.05, 4.69) is 15.1 Å². The smallest absolute Gasteiger partial charge is 0.253 e. The van der Waals surface area contributed by atoms with E-state index in [1.165, 1.54) is 11.8 Å². The maximum atomic E-state index is 12.8. The number of rotatable bonds is 8. The summed E-state index contributed by atoms with van der Waals surface area (Å²) in [6.45, 7) is 5.23. The van der Waals surface area contributed by atoms with Gasteiger partial charge in [-0.1, -0.05) is 30.0 Å². The highest BCUT2D eigenvalue weighted by atomic mass is 32.2. The van der Waals surface area contributed by atoms with E-state index in [0.717, 1.165) is 23.4 Å². The molecule has 2 heterocycles. The van der Waals surface area contributed by atoms with Gasteiger partial charge in [0.1, 0.15) is 0 Å². The number of carbonyl (C=O) groups excluding carboxylic acids is 1. The van der Waals surface area contributed by atoms with Gasteiger partial charge in [-0.05, 0) is 38.0 Å². The standard InChI is InChI=1S/C20H25N5O2S/c1-14-12-15(2)25-19(21-14)22-20(23-25)28-13-16-8-5-6-9-17(16)18(26)24(3)10-7-11-27-4/h5-6,8-9,12H,7,10-11,13H2,1-4H3. The van der Waals surface area contributed by atoms with E-state index in [1.807, 2.05) is 51.2 Å². The Morgan fingerprint density at radius 2 is 2.04 bits per heavy atom. The molecule has 0 bridgehead atoms. The quantitative estimate of drug-likeness (QED) is 0.428. The minimum absolute atomic E-state index is 0.0170. The van der Waals surface area contributed by atoms with Crippen molar-refractivity contribution in [2.24, 2.45) is 0 Å². The fourth-order valence-electron chi connectivity index (χ4n) is 2.96. The topological polar surface area (TPSA) is 72.6 Å². The lowest BCUT2D eigenvalue weighted by atomic mass is 10.1. The largest absolute Gasteiger partial charge is 0.385 e. The highest BCUT2D eigenvalue weighted by molar-refractivity contribution is 7.98. The number of hydrogen-bond acceptors (Lipinski definition) is 6. The summed E-state index contributed by atoms with van der Waals surface area (Å²) in [6.07, 6.45) is 0.812. The molecule has 0 atom stereocenters. The second-order valence-corrected chi connectivity index (χ2v) is 7.61. The molecule has 0 N–H and O–H groups in total. The van der Waals surface area contributed by atoms with Crippen molar-refractivity contribution in [2.75, 3.05) is 27.3 Å². The molecule has 28 heavy (non-hydrogen) atoms. The van der Waals surface area contributed by atoms with Crippen LogP contribution in [0, 0.1) is 13.8 Å². The van der Waals surface area contributed by atoms with Crippen LogP contribution in [0.3, 0.4) is 0 Å². The summed E-state index contributed by atoms with van der Waals surface area (Å²) >= 11 is 1.50. The van der Waals surface area contributed by atoms with Gasteiger partial charge >= 0.3 is 0 Å². The van der Waals surface area contributed by atoms with E-state index in [0.29, 0.717) is 35.4 Å². The van der Waals surface area contributed by atoms with Gasteiger partial charge in [0.25, 0.3) is 11.7 Å². The first-order valence-electron chi connectivity index (χ1n) is 9.15. The van der Waals surface area contributed by atoms with Gasteiger partial charge in [0, 0.05) is 50.0 Å². The number of fused-ring (bicyclic) bond motifs is 1. The van der Waals surface area contributed by atoms with E-state index in [-0.39, 0.29) is 5.91 Å². The molecule has 0 saturated heterocycles. The van der Waals surface area contributed by atoms with E-state index in [1.54, 1.807) is 16.5 Å². The lowest BCUT2D eigenvalue weighted by Gasteiger charge is -2.18. The lowest BCUT2D eigenvalue weighted by molar-refractivity contribution is 0.0778. The van der Waals surface area contributed by atoms with Crippen molar-refractivity contribution in [3.8, 4) is 0 Å².